The van der Waals surface area contributed by atoms with Gasteiger partial charge in [-0.1, -0.05) is 166 Å². The van der Waals surface area contributed by atoms with Crippen molar-refractivity contribution >= 4 is 0 Å². The van der Waals surface area contributed by atoms with Gasteiger partial charge in [0, 0.05) is 0 Å². The van der Waals surface area contributed by atoms with Crippen LogP contribution in [0.2, 0.25) is 0 Å². The van der Waals surface area contributed by atoms with Gasteiger partial charge < -0.3 is 5.11 Å². The van der Waals surface area contributed by atoms with Crippen molar-refractivity contribution in [3.05, 3.63) is 93.2 Å². The van der Waals surface area contributed by atoms with Crippen molar-refractivity contribution in [3.63, 3.8) is 0 Å². The second-order valence-corrected chi connectivity index (χ2v) is 18.7. The summed E-state index contributed by atoms with van der Waals surface area (Å²) in [5.74, 6) is 2.64. The van der Waals surface area contributed by atoms with Crippen molar-refractivity contribution in [2.75, 3.05) is 6.61 Å². The van der Waals surface area contributed by atoms with E-state index in [0.29, 0.717) is 0 Å². The minimum Gasteiger partial charge on any atom is -0.392 e. The SMILES string of the molecule is C/C(=C/CO)CC/C=C(/C)CC/C=C(/C)CC/C=C(/C)CC/C=C(/C)CC/C=C(/C)CC/C=C(/C)CC/C=C(\C)CCC[C@@H](C)CCC[C@@H](C)CCCC(C)C. The second kappa shape index (κ2) is 36.0. The Labute approximate surface area is 352 Å². The van der Waals surface area contributed by atoms with Gasteiger partial charge in [-0.15, -0.1) is 0 Å². The maximum absolute atomic E-state index is 8.99. The lowest BCUT2D eigenvalue weighted by Crippen LogP contribution is -2.00. The van der Waals surface area contributed by atoms with E-state index in [1.807, 2.05) is 6.08 Å². The van der Waals surface area contributed by atoms with Crippen LogP contribution >= 0.6 is 0 Å². The van der Waals surface area contributed by atoms with Crippen molar-refractivity contribution in [1.82, 2.24) is 0 Å². The van der Waals surface area contributed by atoms with Crippen LogP contribution in [-0.2, 0) is 0 Å². The summed E-state index contributed by atoms with van der Waals surface area (Å²) in [6.07, 6.45) is 47.7. The van der Waals surface area contributed by atoms with Gasteiger partial charge in [0.05, 0.1) is 6.61 Å². The van der Waals surface area contributed by atoms with E-state index in [0.717, 1.165) is 69.1 Å². The lowest BCUT2D eigenvalue weighted by molar-refractivity contribution is 0.341. The highest BCUT2D eigenvalue weighted by Gasteiger charge is 2.07. The van der Waals surface area contributed by atoms with Crippen molar-refractivity contribution < 1.29 is 5.11 Å². The molecule has 56 heavy (non-hydrogen) atoms. The van der Waals surface area contributed by atoms with Crippen LogP contribution in [0.4, 0.5) is 0 Å². The minimum absolute atomic E-state index is 0.151. The normalized spacial score (nSPS) is 15.7. The Hall–Kier alpha value is -2.12. The maximum Gasteiger partial charge on any atom is 0.0614 e. The first-order chi connectivity index (χ1) is 26.7. The van der Waals surface area contributed by atoms with Crippen molar-refractivity contribution in [2.45, 2.75) is 231 Å². The molecule has 0 aromatic carbocycles. The molecule has 1 nitrogen and oxygen atoms in total. The minimum atomic E-state index is 0.151. The summed E-state index contributed by atoms with van der Waals surface area (Å²) in [4.78, 5) is 0. The average molecular weight is 773 g/mol. The molecule has 0 aromatic rings. The number of hydrogen-bond acceptors (Lipinski definition) is 1. The van der Waals surface area contributed by atoms with E-state index in [1.165, 1.54) is 130 Å². The van der Waals surface area contributed by atoms with Crippen molar-refractivity contribution in [3.8, 4) is 0 Å². The fraction of sp³-hybridized carbons (Fsp3) is 0.709. The van der Waals surface area contributed by atoms with E-state index in [9.17, 15) is 0 Å². The third kappa shape index (κ3) is 36.2. The number of allylic oxidation sites excluding steroid dienone is 15. The predicted molar refractivity (Wildman–Crippen MR) is 256 cm³/mol. The summed E-state index contributed by atoms with van der Waals surface area (Å²) >= 11 is 0. The van der Waals surface area contributed by atoms with Crippen LogP contribution < -0.4 is 0 Å². The van der Waals surface area contributed by atoms with Crippen LogP contribution in [0.1, 0.15) is 231 Å². The molecule has 0 saturated carbocycles. The molecule has 0 fully saturated rings. The summed E-state index contributed by atoms with van der Waals surface area (Å²) in [5, 5.41) is 8.99. The molecule has 1 N–H and O–H groups in total. The fourth-order valence-corrected chi connectivity index (χ4v) is 7.50. The lowest BCUT2D eigenvalue weighted by Gasteiger charge is -2.15. The molecule has 0 bridgehead atoms. The Kier molecular flexibility index (Phi) is 34.6. The monoisotopic (exact) mass is 773 g/mol. The maximum atomic E-state index is 8.99. The van der Waals surface area contributed by atoms with E-state index in [-0.39, 0.29) is 6.61 Å². The molecule has 0 saturated heterocycles. The molecule has 2 atom stereocenters. The highest BCUT2D eigenvalue weighted by atomic mass is 16.2. The largest absolute Gasteiger partial charge is 0.392 e. The molecule has 0 unspecified atom stereocenters. The van der Waals surface area contributed by atoms with Gasteiger partial charge in [0.1, 0.15) is 0 Å². The summed E-state index contributed by atoms with van der Waals surface area (Å²) in [6.45, 7) is 28.0. The number of hydrogen-bond donors (Lipinski definition) is 1. The highest BCUT2D eigenvalue weighted by molar-refractivity contribution is 5.10. The van der Waals surface area contributed by atoms with Gasteiger partial charge in [0.15, 0.2) is 0 Å². The van der Waals surface area contributed by atoms with Gasteiger partial charge in [0.2, 0.25) is 0 Å². The third-order valence-electron chi connectivity index (χ3n) is 11.8. The molecular formula is C55H96O. The highest BCUT2D eigenvalue weighted by Crippen LogP contribution is 2.23. The lowest BCUT2D eigenvalue weighted by atomic mass is 9.91. The summed E-state index contributed by atoms with van der Waals surface area (Å²) in [7, 11) is 0. The zero-order chi connectivity index (χ0) is 42.0. The second-order valence-electron chi connectivity index (χ2n) is 18.7. The van der Waals surface area contributed by atoms with Crippen LogP contribution in [0.15, 0.2) is 93.2 Å². The zero-order valence-corrected chi connectivity index (χ0v) is 39.8. The van der Waals surface area contributed by atoms with Crippen LogP contribution in [-0.4, -0.2) is 11.7 Å². The molecule has 0 aliphatic heterocycles. The molecule has 0 heterocycles. The molecule has 0 spiro atoms. The van der Waals surface area contributed by atoms with Gasteiger partial charge in [-0.25, -0.2) is 0 Å². The third-order valence-corrected chi connectivity index (χ3v) is 11.8. The fourth-order valence-electron chi connectivity index (χ4n) is 7.50. The molecule has 0 aromatic heterocycles. The molecule has 0 aliphatic carbocycles. The average Bonchev–Trinajstić information content (AvgIpc) is 3.11. The first kappa shape index (κ1) is 53.9. The molecule has 0 rings (SSSR count). The molecule has 0 aliphatic rings. The molecular weight excluding hydrogens is 677 g/mol. The Morgan fingerprint density at radius 1 is 0.321 bits per heavy atom. The van der Waals surface area contributed by atoms with Crippen LogP contribution in [0, 0.1) is 17.8 Å². The van der Waals surface area contributed by atoms with E-state index in [2.05, 4.69) is 126 Å². The van der Waals surface area contributed by atoms with E-state index < -0.39 is 0 Å². The van der Waals surface area contributed by atoms with Crippen LogP contribution in [0.25, 0.3) is 0 Å². The van der Waals surface area contributed by atoms with Crippen molar-refractivity contribution in [2.24, 2.45) is 17.8 Å². The summed E-state index contributed by atoms with van der Waals surface area (Å²) in [5.41, 5.74) is 12.0. The quantitative estimate of drug-likeness (QED) is 0.0646. The first-order valence-corrected chi connectivity index (χ1v) is 23.6. The smallest absolute Gasteiger partial charge is 0.0614 e. The van der Waals surface area contributed by atoms with Gasteiger partial charge >= 0.3 is 0 Å². The Bertz CT molecular complexity index is 1240. The van der Waals surface area contributed by atoms with E-state index in [4.69, 9.17) is 5.11 Å². The van der Waals surface area contributed by atoms with Gasteiger partial charge in [-0.05, 0) is 176 Å². The number of rotatable bonds is 34. The van der Waals surface area contributed by atoms with Crippen molar-refractivity contribution in [1.29, 1.82) is 0 Å². The van der Waals surface area contributed by atoms with Crippen LogP contribution in [0.3, 0.4) is 0 Å². The first-order valence-electron chi connectivity index (χ1n) is 23.6. The standard InChI is InChI=1S/C55H96O/c1-45(2)23-13-24-46(3)25-14-26-47(4)27-15-28-48(5)29-16-30-49(6)31-17-32-50(7)33-18-34-51(8)35-19-36-52(9)37-20-38-53(10)39-21-40-54(11)41-22-42-55(12)43-44-56/h29,31,33,35,37,39,41,43,45-47,56H,13-28,30,32,34,36,38,40,42,44H2,1-12H3/b48-29+,49-31-,50-33-,51-35-,52-37-,53-39-,54-41-,55-43-/t46-,47-/m0/s1. The van der Waals surface area contributed by atoms with E-state index >= 15 is 0 Å². The number of aliphatic hydroxyl groups is 1. The predicted octanol–water partition coefficient (Wildman–Crippen LogP) is 18.4. The Morgan fingerprint density at radius 2 is 0.554 bits per heavy atom. The van der Waals surface area contributed by atoms with Gasteiger partial charge in [-0.2, -0.15) is 0 Å². The molecule has 0 amide bonds. The topological polar surface area (TPSA) is 20.2 Å². The van der Waals surface area contributed by atoms with Gasteiger partial charge in [0.25, 0.3) is 0 Å². The summed E-state index contributed by atoms with van der Waals surface area (Å²) in [6, 6.07) is 0. The molecule has 0 radical (unpaired) electrons. The Morgan fingerprint density at radius 3 is 0.821 bits per heavy atom. The van der Waals surface area contributed by atoms with E-state index in [1.54, 1.807) is 11.1 Å². The molecule has 322 valence electrons. The zero-order valence-electron chi connectivity index (χ0n) is 39.8. The number of aliphatic hydroxyl groups excluding tert-OH is 1. The van der Waals surface area contributed by atoms with Crippen LogP contribution in [0.5, 0.6) is 0 Å². The molecule has 1 heteroatoms. The Balaban J connectivity index is 4.16. The summed E-state index contributed by atoms with van der Waals surface area (Å²) < 4.78 is 0. The van der Waals surface area contributed by atoms with Gasteiger partial charge in [-0.3, -0.25) is 0 Å².